The Morgan fingerprint density at radius 3 is 2.38 bits per heavy atom. The van der Waals surface area contributed by atoms with Crippen molar-refractivity contribution in [1.29, 1.82) is 0 Å². The van der Waals surface area contributed by atoms with Gasteiger partial charge in [0.15, 0.2) is 0 Å². The molecule has 0 radical (unpaired) electrons. The molecule has 186 valence electrons. The fourth-order valence-corrected chi connectivity index (χ4v) is 4.91. The topological polar surface area (TPSA) is 61.4 Å². The second-order valence-corrected chi connectivity index (χ2v) is 11.7. The highest BCUT2D eigenvalue weighted by Crippen LogP contribution is 2.48. The fourth-order valence-electron chi connectivity index (χ4n) is 4.10. The highest BCUT2D eigenvalue weighted by atomic mass is 32.2. The monoisotopic (exact) mass is 495 g/mol. The average Bonchev–Trinajstić information content (AvgIpc) is 3.55. The molecule has 3 rings (SSSR count). The summed E-state index contributed by atoms with van der Waals surface area (Å²) < 4.78 is 66.6. The van der Waals surface area contributed by atoms with E-state index in [9.17, 15) is 13.7 Å². The molecule has 2 atom stereocenters. The van der Waals surface area contributed by atoms with Crippen LogP contribution in [0.4, 0.5) is 13.2 Å². The van der Waals surface area contributed by atoms with Crippen molar-refractivity contribution in [2.75, 3.05) is 6.61 Å². The molecule has 1 aliphatic carbocycles. The molecule has 1 N–H and O–H groups in total. The number of carbonyl (C=O) groups excluding carboxylic acids is 1. The Balaban J connectivity index is 2.27. The van der Waals surface area contributed by atoms with E-state index in [4.69, 9.17) is 4.74 Å². The van der Waals surface area contributed by atoms with Gasteiger partial charge >= 0.3 is 5.97 Å². The molecule has 0 bridgehead atoms. The second-order valence-electron chi connectivity index (χ2n) is 9.70. The van der Waals surface area contributed by atoms with E-state index in [-0.39, 0.29) is 29.2 Å². The maximum atomic E-state index is 16.2. The van der Waals surface area contributed by atoms with E-state index in [2.05, 4.69) is 4.72 Å². The van der Waals surface area contributed by atoms with Crippen LogP contribution in [-0.4, -0.2) is 21.9 Å². The molecule has 1 aliphatic rings. The van der Waals surface area contributed by atoms with E-state index in [0.29, 0.717) is 16.7 Å². The molecule has 0 aromatic heterocycles. The predicted molar refractivity (Wildman–Crippen MR) is 128 cm³/mol. The van der Waals surface area contributed by atoms with Gasteiger partial charge in [0.05, 0.1) is 19.1 Å². The van der Waals surface area contributed by atoms with E-state index in [1.807, 2.05) is 0 Å². The van der Waals surface area contributed by atoms with Crippen LogP contribution in [0.5, 0.6) is 0 Å². The first-order valence-corrected chi connectivity index (χ1v) is 12.6. The molecule has 4 nitrogen and oxygen atoms in total. The van der Waals surface area contributed by atoms with Crippen molar-refractivity contribution in [3.05, 3.63) is 57.9 Å². The number of hydrogen-bond acceptors (Lipinski definition) is 4. The molecular formula is C26H32F3NO3S. The van der Waals surface area contributed by atoms with Gasteiger partial charge in [-0.1, -0.05) is 12.1 Å². The van der Waals surface area contributed by atoms with E-state index >= 15 is 8.78 Å². The highest BCUT2D eigenvalue weighted by Gasteiger charge is 2.39. The summed E-state index contributed by atoms with van der Waals surface area (Å²) in [6, 6.07) is 3.14. The number of ether oxygens (including phenoxy) is 1. The summed E-state index contributed by atoms with van der Waals surface area (Å²) in [4.78, 5) is 12.4. The van der Waals surface area contributed by atoms with Crippen molar-refractivity contribution < 1.29 is 27.3 Å². The SMILES string of the molecule is CCOC(=O)CC(N[S@+]([O-])C(C)(C)C)c1c(F)c(-c2cccc(F)c2C)c(C)c(C2CC2)c1F. The van der Waals surface area contributed by atoms with Gasteiger partial charge < -0.3 is 9.29 Å². The molecular weight excluding hydrogens is 463 g/mol. The number of carbonyl (C=O) groups is 1. The molecule has 1 saturated carbocycles. The molecule has 0 amide bonds. The van der Waals surface area contributed by atoms with Crippen molar-refractivity contribution in [2.45, 2.75) is 77.5 Å². The lowest BCUT2D eigenvalue weighted by molar-refractivity contribution is -0.143. The van der Waals surface area contributed by atoms with Crippen molar-refractivity contribution in [1.82, 2.24) is 4.72 Å². The molecule has 1 fully saturated rings. The summed E-state index contributed by atoms with van der Waals surface area (Å²) in [5.74, 6) is -2.88. The van der Waals surface area contributed by atoms with Gasteiger partial charge in [0.1, 0.15) is 22.2 Å². The van der Waals surface area contributed by atoms with Crippen LogP contribution in [0.1, 0.15) is 81.2 Å². The van der Waals surface area contributed by atoms with Crippen molar-refractivity contribution in [3.8, 4) is 11.1 Å². The van der Waals surface area contributed by atoms with Gasteiger partial charge in [0.25, 0.3) is 0 Å². The summed E-state index contributed by atoms with van der Waals surface area (Å²) in [5.41, 5.74) is 1.10. The zero-order valence-corrected chi connectivity index (χ0v) is 21.3. The Kier molecular flexibility index (Phi) is 8.05. The van der Waals surface area contributed by atoms with Crippen molar-refractivity contribution in [2.24, 2.45) is 0 Å². The van der Waals surface area contributed by atoms with Gasteiger partial charge in [-0.2, -0.15) is 0 Å². The summed E-state index contributed by atoms with van der Waals surface area (Å²) in [5, 5.41) is 0. The van der Waals surface area contributed by atoms with Crippen LogP contribution in [0.15, 0.2) is 18.2 Å². The maximum absolute atomic E-state index is 16.2. The van der Waals surface area contributed by atoms with Crippen LogP contribution < -0.4 is 4.72 Å². The number of hydrogen-bond donors (Lipinski definition) is 1. The highest BCUT2D eigenvalue weighted by molar-refractivity contribution is 7.90. The molecule has 2 aromatic rings. The van der Waals surface area contributed by atoms with E-state index in [1.54, 1.807) is 47.6 Å². The molecule has 1 unspecified atom stereocenters. The molecule has 0 heterocycles. The fraction of sp³-hybridized carbons (Fsp3) is 0.500. The lowest BCUT2D eigenvalue weighted by atomic mass is 9.86. The van der Waals surface area contributed by atoms with Crippen LogP contribution in [0.2, 0.25) is 0 Å². The first kappa shape index (κ1) is 26.6. The van der Waals surface area contributed by atoms with Crippen LogP contribution in [0, 0.1) is 31.3 Å². The Bertz CT molecular complexity index is 1080. The van der Waals surface area contributed by atoms with Crippen LogP contribution in [-0.2, 0) is 20.9 Å². The maximum Gasteiger partial charge on any atom is 0.307 e. The average molecular weight is 496 g/mol. The minimum atomic E-state index is -1.72. The predicted octanol–water partition coefficient (Wildman–Crippen LogP) is 6.31. The minimum Gasteiger partial charge on any atom is -0.598 e. The van der Waals surface area contributed by atoms with Gasteiger partial charge in [-0.3, -0.25) is 4.79 Å². The molecule has 2 aromatic carbocycles. The van der Waals surface area contributed by atoms with Gasteiger partial charge in [0, 0.05) is 22.5 Å². The number of esters is 1. The van der Waals surface area contributed by atoms with Gasteiger partial charge in [-0.15, -0.1) is 4.72 Å². The van der Waals surface area contributed by atoms with Crippen LogP contribution in [0.25, 0.3) is 11.1 Å². The third-order valence-electron chi connectivity index (χ3n) is 6.06. The second kappa shape index (κ2) is 10.3. The largest absolute Gasteiger partial charge is 0.598 e. The molecule has 0 spiro atoms. The smallest absolute Gasteiger partial charge is 0.307 e. The van der Waals surface area contributed by atoms with Crippen LogP contribution >= 0.6 is 0 Å². The third kappa shape index (κ3) is 5.44. The normalized spacial score (nSPS) is 15.8. The van der Waals surface area contributed by atoms with Crippen molar-refractivity contribution in [3.63, 3.8) is 0 Å². The molecule has 8 heteroatoms. The Morgan fingerprint density at radius 2 is 1.82 bits per heavy atom. The quantitative estimate of drug-likeness (QED) is 0.344. The first-order chi connectivity index (χ1) is 15.9. The lowest BCUT2D eigenvalue weighted by Gasteiger charge is -2.29. The van der Waals surface area contributed by atoms with E-state index in [0.717, 1.165) is 12.8 Å². The van der Waals surface area contributed by atoms with Gasteiger partial charge in [-0.05, 0) is 88.6 Å². The van der Waals surface area contributed by atoms with Crippen LogP contribution in [0.3, 0.4) is 0 Å². The van der Waals surface area contributed by atoms with E-state index < -0.39 is 52.0 Å². The third-order valence-corrected chi connectivity index (χ3v) is 7.67. The Morgan fingerprint density at radius 1 is 1.18 bits per heavy atom. The lowest BCUT2D eigenvalue weighted by Crippen LogP contribution is -2.42. The van der Waals surface area contributed by atoms with E-state index in [1.165, 1.54) is 12.1 Å². The summed E-state index contributed by atoms with van der Waals surface area (Å²) in [7, 11) is 0. The number of nitrogens with one attached hydrogen (secondary N) is 1. The first-order valence-electron chi connectivity index (χ1n) is 11.5. The number of benzene rings is 2. The van der Waals surface area contributed by atoms with Gasteiger partial charge in [0.2, 0.25) is 0 Å². The Hall–Kier alpha value is -2.03. The minimum absolute atomic E-state index is 0.0803. The summed E-state index contributed by atoms with van der Waals surface area (Å²) in [6.07, 6.45) is 1.11. The zero-order valence-electron chi connectivity index (χ0n) is 20.5. The zero-order chi connectivity index (χ0) is 25.4. The molecule has 34 heavy (non-hydrogen) atoms. The number of halogens is 3. The molecule has 0 aliphatic heterocycles. The van der Waals surface area contributed by atoms with Crippen molar-refractivity contribution >= 4 is 17.3 Å². The number of rotatable bonds is 8. The molecule has 0 saturated heterocycles. The summed E-state index contributed by atoms with van der Waals surface area (Å²) in [6.45, 7) is 10.1. The van der Waals surface area contributed by atoms with Gasteiger partial charge in [-0.25, -0.2) is 13.2 Å². The summed E-state index contributed by atoms with van der Waals surface area (Å²) >= 11 is -1.72. The Labute approximate surface area is 202 Å². The standard InChI is InChI=1S/C26H32F3NO3S/c1-7-33-20(31)13-19(30-34(32)26(4,5)6)23-24(28)21(16-11-12-16)15(3)22(25(23)29)17-9-8-10-18(27)14(17)2/h8-10,16,19,30H,7,11-13H2,1-6H3/t19?,34-/m1/s1.